The first-order valence-corrected chi connectivity index (χ1v) is 8.29. The van der Waals surface area contributed by atoms with Gasteiger partial charge in [0.05, 0.1) is 0 Å². The largest absolute Gasteiger partial charge is 0.353 e. The molecule has 0 aromatic heterocycles. The maximum absolute atomic E-state index is 12.2. The highest BCUT2D eigenvalue weighted by Gasteiger charge is 2.26. The summed E-state index contributed by atoms with van der Waals surface area (Å²) in [4.78, 5) is 12.2. The monoisotopic (exact) mass is 318 g/mol. The van der Waals surface area contributed by atoms with E-state index >= 15 is 0 Å². The summed E-state index contributed by atoms with van der Waals surface area (Å²) in [5.74, 6) is 1.63. The van der Waals surface area contributed by atoms with Crippen LogP contribution in [0.25, 0.3) is 0 Å². The first-order valence-electron chi connectivity index (χ1n) is 8.29. The van der Waals surface area contributed by atoms with Gasteiger partial charge < -0.3 is 10.6 Å². The predicted octanol–water partition coefficient (Wildman–Crippen LogP) is 3.77. The van der Waals surface area contributed by atoms with E-state index in [1.165, 1.54) is 12.8 Å². The van der Waals surface area contributed by atoms with Crippen molar-refractivity contribution in [1.82, 2.24) is 10.6 Å². The van der Waals surface area contributed by atoms with Crippen LogP contribution in [0.3, 0.4) is 0 Å². The number of hydrogen-bond acceptors (Lipinski definition) is 2. The van der Waals surface area contributed by atoms with Crippen molar-refractivity contribution in [3.63, 3.8) is 0 Å². The van der Waals surface area contributed by atoms with Crippen LogP contribution < -0.4 is 10.6 Å². The Morgan fingerprint density at radius 1 is 1.29 bits per heavy atom. The van der Waals surface area contributed by atoms with E-state index in [9.17, 15) is 4.79 Å². The molecule has 1 saturated heterocycles. The van der Waals surface area contributed by atoms with Gasteiger partial charge in [0.2, 0.25) is 5.91 Å². The van der Waals surface area contributed by atoms with Gasteiger partial charge >= 0.3 is 0 Å². The average molecular weight is 319 g/mol. The summed E-state index contributed by atoms with van der Waals surface area (Å²) in [5, 5.41) is 6.64. The number of rotatable bonds is 7. The fourth-order valence-corrected chi connectivity index (χ4v) is 2.78. The van der Waals surface area contributed by atoms with E-state index in [-0.39, 0.29) is 23.7 Å². The molecule has 1 aliphatic heterocycles. The van der Waals surface area contributed by atoms with Crippen LogP contribution in [0.5, 0.6) is 0 Å². The zero-order chi connectivity index (χ0) is 15.2. The standard InChI is InChI=1S/C17H34N2O.ClH/c1-13(2)6-8-15(17(3,4)5)19-16(20)9-7-14-10-11-18-12-14;/h13-15,18H,6-12H2,1-5H3,(H,19,20);1H. The van der Waals surface area contributed by atoms with Gasteiger partial charge in [-0.2, -0.15) is 0 Å². The maximum Gasteiger partial charge on any atom is 0.220 e. The zero-order valence-corrected chi connectivity index (χ0v) is 15.3. The minimum absolute atomic E-state index is 0. The van der Waals surface area contributed by atoms with E-state index in [4.69, 9.17) is 0 Å². The minimum atomic E-state index is 0. The van der Waals surface area contributed by atoms with Crippen LogP contribution in [0.15, 0.2) is 0 Å². The molecule has 1 amide bonds. The molecule has 0 saturated carbocycles. The molecular weight excluding hydrogens is 284 g/mol. The predicted molar refractivity (Wildman–Crippen MR) is 92.9 cm³/mol. The summed E-state index contributed by atoms with van der Waals surface area (Å²) in [6.45, 7) is 13.4. The van der Waals surface area contributed by atoms with E-state index in [0.717, 1.165) is 25.9 Å². The van der Waals surface area contributed by atoms with E-state index < -0.39 is 0 Å². The first kappa shape index (κ1) is 20.7. The molecule has 1 aliphatic rings. The van der Waals surface area contributed by atoms with Crippen LogP contribution in [0.1, 0.15) is 66.7 Å². The van der Waals surface area contributed by atoms with Crippen molar-refractivity contribution in [3.05, 3.63) is 0 Å². The van der Waals surface area contributed by atoms with Crippen molar-refractivity contribution in [3.8, 4) is 0 Å². The molecule has 126 valence electrons. The Kier molecular flexibility index (Phi) is 9.55. The molecule has 1 fully saturated rings. The summed E-state index contributed by atoms with van der Waals surface area (Å²) in [6.07, 6.45) is 5.19. The number of nitrogens with one attached hydrogen (secondary N) is 2. The number of hydrogen-bond donors (Lipinski definition) is 2. The van der Waals surface area contributed by atoms with Crippen molar-refractivity contribution < 1.29 is 4.79 Å². The third-order valence-corrected chi connectivity index (χ3v) is 4.36. The lowest BCUT2D eigenvalue weighted by molar-refractivity contribution is -0.122. The second-order valence-electron chi connectivity index (χ2n) is 7.85. The van der Waals surface area contributed by atoms with Crippen molar-refractivity contribution in [1.29, 1.82) is 0 Å². The van der Waals surface area contributed by atoms with Gasteiger partial charge in [-0.05, 0) is 56.0 Å². The number of carbonyl (C=O) groups is 1. The average Bonchev–Trinajstić information content (AvgIpc) is 2.83. The van der Waals surface area contributed by atoms with Crippen LogP contribution in [-0.4, -0.2) is 25.0 Å². The van der Waals surface area contributed by atoms with Gasteiger partial charge in [-0.1, -0.05) is 34.6 Å². The Morgan fingerprint density at radius 3 is 2.43 bits per heavy atom. The Labute approximate surface area is 137 Å². The quantitative estimate of drug-likeness (QED) is 0.750. The molecule has 0 aromatic carbocycles. The van der Waals surface area contributed by atoms with Gasteiger partial charge in [0.1, 0.15) is 0 Å². The van der Waals surface area contributed by atoms with Gasteiger partial charge in [-0.25, -0.2) is 0 Å². The lowest BCUT2D eigenvalue weighted by Crippen LogP contribution is -2.43. The van der Waals surface area contributed by atoms with Crippen LogP contribution in [0.4, 0.5) is 0 Å². The molecule has 2 unspecified atom stereocenters. The highest BCUT2D eigenvalue weighted by molar-refractivity contribution is 5.85. The highest BCUT2D eigenvalue weighted by atomic mass is 35.5. The van der Waals surface area contributed by atoms with Gasteiger partial charge in [0, 0.05) is 12.5 Å². The summed E-state index contributed by atoms with van der Waals surface area (Å²) < 4.78 is 0. The van der Waals surface area contributed by atoms with Crippen molar-refractivity contribution in [2.75, 3.05) is 13.1 Å². The molecular formula is C17H35ClN2O. The fraction of sp³-hybridized carbons (Fsp3) is 0.941. The maximum atomic E-state index is 12.2. The van der Waals surface area contributed by atoms with Gasteiger partial charge in [0.15, 0.2) is 0 Å². The Morgan fingerprint density at radius 2 is 1.95 bits per heavy atom. The molecule has 21 heavy (non-hydrogen) atoms. The molecule has 3 nitrogen and oxygen atoms in total. The van der Waals surface area contributed by atoms with Crippen molar-refractivity contribution in [2.45, 2.75) is 72.8 Å². The van der Waals surface area contributed by atoms with Crippen LogP contribution in [0.2, 0.25) is 0 Å². The normalized spacial score (nSPS) is 20.2. The summed E-state index contributed by atoms with van der Waals surface area (Å²) in [6, 6.07) is 0.291. The highest BCUT2D eigenvalue weighted by Crippen LogP contribution is 2.25. The molecule has 2 N–H and O–H groups in total. The minimum Gasteiger partial charge on any atom is -0.353 e. The van der Waals surface area contributed by atoms with Crippen molar-refractivity contribution >= 4 is 18.3 Å². The van der Waals surface area contributed by atoms with Crippen molar-refractivity contribution in [2.24, 2.45) is 17.3 Å². The Hall–Kier alpha value is -0.280. The molecule has 0 bridgehead atoms. The van der Waals surface area contributed by atoms with E-state index in [1.807, 2.05) is 0 Å². The third-order valence-electron chi connectivity index (χ3n) is 4.36. The molecule has 2 atom stereocenters. The van der Waals surface area contributed by atoms with Crippen LogP contribution >= 0.6 is 12.4 Å². The SMILES string of the molecule is CC(C)CCC(NC(=O)CCC1CCNC1)C(C)(C)C.Cl. The third kappa shape index (κ3) is 8.67. The molecule has 0 aromatic rings. The summed E-state index contributed by atoms with van der Waals surface area (Å²) >= 11 is 0. The molecule has 0 aliphatic carbocycles. The lowest BCUT2D eigenvalue weighted by Gasteiger charge is -2.32. The van der Waals surface area contributed by atoms with Crippen LogP contribution in [0, 0.1) is 17.3 Å². The zero-order valence-electron chi connectivity index (χ0n) is 14.5. The topological polar surface area (TPSA) is 41.1 Å². The van der Waals surface area contributed by atoms with E-state index in [1.54, 1.807) is 0 Å². The lowest BCUT2D eigenvalue weighted by atomic mass is 9.82. The Balaban J connectivity index is 0.00000400. The van der Waals surface area contributed by atoms with Crippen LogP contribution in [-0.2, 0) is 4.79 Å². The van der Waals surface area contributed by atoms with E-state index in [0.29, 0.717) is 24.3 Å². The number of carbonyl (C=O) groups excluding carboxylic acids is 1. The summed E-state index contributed by atoms with van der Waals surface area (Å²) in [7, 11) is 0. The first-order chi connectivity index (χ1) is 9.29. The molecule has 0 spiro atoms. The molecule has 1 rings (SSSR count). The second-order valence-corrected chi connectivity index (χ2v) is 7.85. The van der Waals surface area contributed by atoms with Gasteiger partial charge in [-0.15, -0.1) is 12.4 Å². The fourth-order valence-electron chi connectivity index (χ4n) is 2.78. The summed E-state index contributed by atoms with van der Waals surface area (Å²) in [5.41, 5.74) is 0.138. The number of halogens is 1. The molecule has 4 heteroatoms. The second kappa shape index (κ2) is 9.68. The van der Waals surface area contributed by atoms with Gasteiger partial charge in [0.25, 0.3) is 0 Å². The molecule has 0 radical (unpaired) electrons. The Bertz CT molecular complexity index is 294. The number of amides is 1. The van der Waals surface area contributed by atoms with E-state index in [2.05, 4.69) is 45.3 Å². The molecule has 1 heterocycles. The smallest absolute Gasteiger partial charge is 0.220 e. The van der Waals surface area contributed by atoms with Gasteiger partial charge in [-0.3, -0.25) is 4.79 Å².